The molecule has 0 N–H and O–H groups in total. The summed E-state index contributed by atoms with van der Waals surface area (Å²) in [5.74, 6) is 0.904. The average molecular weight is 615 g/mol. The summed E-state index contributed by atoms with van der Waals surface area (Å²) < 4.78 is 2.22. The Morgan fingerprint density at radius 2 is 1.35 bits per heavy atom. The third kappa shape index (κ3) is 4.98. The molecule has 1 atom stereocenters. The molecule has 0 spiro atoms. The molecule has 1 aliphatic rings. The molecule has 1 unspecified atom stereocenters. The van der Waals surface area contributed by atoms with E-state index >= 15 is 0 Å². The second-order valence-corrected chi connectivity index (χ2v) is 12.5. The molecule has 4 nitrogen and oxygen atoms in total. The molecule has 6 aromatic carbocycles. The van der Waals surface area contributed by atoms with Crippen LogP contribution in [0.4, 0.5) is 0 Å². The molecule has 0 amide bonds. The molecular weight excluding hydrogens is 585 g/mol. The Kier molecular flexibility index (Phi) is 7.06. The lowest BCUT2D eigenvalue weighted by molar-refractivity contribution is 0.591. The third-order valence-corrected chi connectivity index (χ3v) is 9.42. The summed E-state index contributed by atoms with van der Waals surface area (Å²) in [5.41, 5.74) is 10.5. The van der Waals surface area contributed by atoms with Crippen LogP contribution < -0.4 is 0 Å². The fourth-order valence-corrected chi connectivity index (χ4v) is 7.09. The largest absolute Gasteiger partial charge is 0.292 e. The van der Waals surface area contributed by atoms with E-state index in [4.69, 9.17) is 4.98 Å². The minimum absolute atomic E-state index is 0.423. The van der Waals surface area contributed by atoms with Gasteiger partial charge in [0.15, 0.2) is 0 Å². The highest BCUT2D eigenvalue weighted by molar-refractivity contribution is 6.04. The highest BCUT2D eigenvalue weighted by atomic mass is 15.1. The number of nitriles is 2. The van der Waals surface area contributed by atoms with Gasteiger partial charge in [-0.05, 0) is 87.5 Å². The van der Waals surface area contributed by atoms with Crippen molar-refractivity contribution >= 4 is 27.4 Å². The molecule has 1 heterocycles. The van der Waals surface area contributed by atoms with Gasteiger partial charge >= 0.3 is 0 Å². The molecule has 226 valence electrons. The van der Waals surface area contributed by atoms with Crippen molar-refractivity contribution in [2.75, 3.05) is 0 Å². The zero-order chi connectivity index (χ0) is 32.7. The molecule has 0 saturated carbocycles. The van der Waals surface area contributed by atoms with Crippen molar-refractivity contribution in [2.24, 2.45) is 0 Å². The fraction of sp³-hybridized carbons (Fsp3) is 0.0682. The van der Waals surface area contributed by atoms with Crippen molar-refractivity contribution < 1.29 is 0 Å². The van der Waals surface area contributed by atoms with Crippen LogP contribution >= 0.6 is 0 Å². The fourth-order valence-electron chi connectivity index (χ4n) is 7.09. The maximum Gasteiger partial charge on any atom is 0.145 e. The van der Waals surface area contributed by atoms with Gasteiger partial charge in [0, 0.05) is 22.2 Å². The van der Waals surface area contributed by atoms with Crippen LogP contribution in [-0.4, -0.2) is 9.55 Å². The van der Waals surface area contributed by atoms with Crippen LogP contribution in [0.25, 0.3) is 55.6 Å². The number of nitrogens with zero attached hydrogens (tertiary/aromatic N) is 4. The maximum absolute atomic E-state index is 10.1. The lowest BCUT2D eigenvalue weighted by atomic mass is 9.71. The first-order chi connectivity index (χ1) is 23.5. The highest BCUT2D eigenvalue weighted by Crippen LogP contribution is 2.43. The van der Waals surface area contributed by atoms with E-state index in [0.29, 0.717) is 12.0 Å². The van der Waals surface area contributed by atoms with Gasteiger partial charge in [-0.15, -0.1) is 0 Å². The minimum atomic E-state index is -0.423. The Balaban J connectivity index is 1.21. The van der Waals surface area contributed by atoms with Crippen LogP contribution in [0.15, 0.2) is 157 Å². The highest BCUT2D eigenvalue weighted by Gasteiger charge is 2.30. The number of fused-ring (bicyclic) bond motifs is 2. The number of imidazole rings is 1. The van der Waals surface area contributed by atoms with E-state index < -0.39 is 5.41 Å². The zero-order valence-corrected chi connectivity index (χ0v) is 26.4. The van der Waals surface area contributed by atoms with Crippen molar-refractivity contribution in [1.29, 1.82) is 10.5 Å². The van der Waals surface area contributed by atoms with Gasteiger partial charge in [0.05, 0.1) is 28.7 Å². The summed E-state index contributed by atoms with van der Waals surface area (Å²) in [6.45, 7) is 2.15. The summed E-state index contributed by atoms with van der Waals surface area (Å²) in [4.78, 5) is 5.04. The van der Waals surface area contributed by atoms with Gasteiger partial charge < -0.3 is 0 Å². The summed E-state index contributed by atoms with van der Waals surface area (Å²) >= 11 is 0. The van der Waals surface area contributed by atoms with Gasteiger partial charge in [-0.2, -0.15) is 10.5 Å². The van der Waals surface area contributed by atoms with E-state index in [1.807, 2.05) is 36.4 Å². The van der Waals surface area contributed by atoms with E-state index in [2.05, 4.69) is 139 Å². The number of rotatable bonds is 5. The first kappa shape index (κ1) is 28.9. The van der Waals surface area contributed by atoms with Crippen LogP contribution in [-0.2, 0) is 5.41 Å². The van der Waals surface area contributed by atoms with Crippen LogP contribution in [0.5, 0.6) is 0 Å². The molecule has 1 aromatic heterocycles. The van der Waals surface area contributed by atoms with Crippen LogP contribution in [0.2, 0.25) is 0 Å². The van der Waals surface area contributed by atoms with Crippen LogP contribution in [0.1, 0.15) is 30.0 Å². The summed E-state index contributed by atoms with van der Waals surface area (Å²) in [6, 6.07) is 52.6. The standard InChI is InChI=1S/C44H30N4/c1-44(35-11-9-10-30(25-35)28-45)26-31(29-46)24-34(27-44)38-23-22-37(39-14-5-6-15-40(38)39)32-18-20-33(21-19-32)43-47-41-16-7-8-17-42(41)48(43)36-12-3-2-4-13-36/h2-25,27H,26H2,1H3. The molecule has 8 rings (SSSR count). The van der Waals surface area contributed by atoms with Crippen molar-refractivity contribution in [3.8, 4) is 40.3 Å². The SMILES string of the molecule is CC1(c2cccc(C#N)c2)C=C(c2ccc(-c3ccc(-c4nc5ccccc5n4-c4ccccc4)cc3)c3ccccc23)C=C(C#N)C1. The molecule has 1 aliphatic carbocycles. The predicted octanol–water partition coefficient (Wildman–Crippen LogP) is 10.6. The summed E-state index contributed by atoms with van der Waals surface area (Å²) in [7, 11) is 0. The molecule has 0 bridgehead atoms. The van der Waals surface area contributed by atoms with Gasteiger partial charge in [-0.1, -0.05) is 116 Å². The quantitative estimate of drug-likeness (QED) is 0.194. The molecule has 4 heteroatoms. The van der Waals surface area contributed by atoms with E-state index in [0.717, 1.165) is 72.3 Å². The first-order valence-corrected chi connectivity index (χ1v) is 16.0. The number of hydrogen-bond acceptors (Lipinski definition) is 3. The monoisotopic (exact) mass is 614 g/mol. The topological polar surface area (TPSA) is 65.4 Å². The van der Waals surface area contributed by atoms with Gasteiger partial charge in [-0.3, -0.25) is 4.57 Å². The lowest BCUT2D eigenvalue weighted by Gasteiger charge is -2.31. The smallest absolute Gasteiger partial charge is 0.145 e. The Labute approximate surface area is 279 Å². The predicted molar refractivity (Wildman–Crippen MR) is 194 cm³/mol. The molecular formula is C44H30N4. The van der Waals surface area contributed by atoms with E-state index in [-0.39, 0.29) is 0 Å². The molecule has 0 fully saturated rings. The third-order valence-electron chi connectivity index (χ3n) is 9.42. The van der Waals surface area contributed by atoms with E-state index in [1.54, 1.807) is 0 Å². The first-order valence-electron chi connectivity index (χ1n) is 16.0. The Bertz CT molecular complexity index is 2500. The average Bonchev–Trinajstić information content (AvgIpc) is 3.54. The van der Waals surface area contributed by atoms with Crippen molar-refractivity contribution in [3.63, 3.8) is 0 Å². The molecule has 0 aliphatic heterocycles. The molecule has 0 radical (unpaired) electrons. The number of allylic oxidation sites excluding steroid dienone is 4. The molecule has 7 aromatic rings. The lowest BCUT2D eigenvalue weighted by Crippen LogP contribution is -2.23. The van der Waals surface area contributed by atoms with Gasteiger partial charge in [0.1, 0.15) is 5.82 Å². The van der Waals surface area contributed by atoms with E-state index in [1.165, 1.54) is 0 Å². The Hall–Kier alpha value is -6.49. The number of hydrogen-bond donors (Lipinski definition) is 0. The number of aromatic nitrogens is 2. The number of para-hydroxylation sites is 3. The molecule has 48 heavy (non-hydrogen) atoms. The van der Waals surface area contributed by atoms with Gasteiger partial charge in [0.2, 0.25) is 0 Å². The van der Waals surface area contributed by atoms with Gasteiger partial charge in [-0.25, -0.2) is 4.98 Å². The van der Waals surface area contributed by atoms with Crippen LogP contribution in [0.3, 0.4) is 0 Å². The zero-order valence-electron chi connectivity index (χ0n) is 26.4. The van der Waals surface area contributed by atoms with Crippen molar-refractivity contribution in [3.05, 3.63) is 174 Å². The summed E-state index contributed by atoms with van der Waals surface area (Å²) in [5, 5.41) is 21.9. The van der Waals surface area contributed by atoms with Crippen LogP contribution in [0, 0.1) is 22.7 Å². The minimum Gasteiger partial charge on any atom is -0.292 e. The molecule has 0 saturated heterocycles. The second-order valence-electron chi connectivity index (χ2n) is 12.5. The normalized spacial score (nSPS) is 15.8. The maximum atomic E-state index is 10.1. The Morgan fingerprint density at radius 3 is 2.12 bits per heavy atom. The summed E-state index contributed by atoms with van der Waals surface area (Å²) in [6.07, 6.45) is 4.87. The van der Waals surface area contributed by atoms with Crippen molar-refractivity contribution in [2.45, 2.75) is 18.8 Å². The number of benzene rings is 6. The van der Waals surface area contributed by atoms with E-state index in [9.17, 15) is 10.5 Å². The Morgan fingerprint density at radius 1 is 0.667 bits per heavy atom. The van der Waals surface area contributed by atoms with Crippen molar-refractivity contribution in [1.82, 2.24) is 9.55 Å². The van der Waals surface area contributed by atoms with Gasteiger partial charge in [0.25, 0.3) is 0 Å². The second kappa shape index (κ2) is 11.7.